The molecule has 3 rings (SSSR count). The van der Waals surface area contributed by atoms with E-state index in [2.05, 4.69) is 40.2 Å². The van der Waals surface area contributed by atoms with Crippen LogP contribution < -0.4 is 10.2 Å². The van der Waals surface area contributed by atoms with E-state index in [1.807, 2.05) is 24.3 Å². The topological polar surface area (TPSA) is 18.5 Å². The predicted octanol–water partition coefficient (Wildman–Crippen LogP) is 5.07. The summed E-state index contributed by atoms with van der Waals surface area (Å²) in [7, 11) is 0. The first-order valence-electron chi connectivity index (χ1n) is 8.42. The summed E-state index contributed by atoms with van der Waals surface area (Å²) in [4.78, 5) is 4.52. The Labute approximate surface area is 164 Å². The van der Waals surface area contributed by atoms with Crippen LogP contribution in [0, 0.1) is 0 Å². The number of nitrogens with zero attached hydrogens (tertiary/aromatic N) is 2. The van der Waals surface area contributed by atoms with Gasteiger partial charge in [-0.2, -0.15) is 0 Å². The molecule has 1 heterocycles. The fourth-order valence-corrected chi connectivity index (χ4v) is 3.58. The zero-order chi connectivity index (χ0) is 17.8. The molecule has 0 amide bonds. The van der Waals surface area contributed by atoms with Crippen molar-refractivity contribution in [1.29, 1.82) is 0 Å². The smallest absolute Gasteiger partial charge is 0.173 e. The molecule has 1 saturated heterocycles. The molecule has 0 radical (unpaired) electrons. The second kappa shape index (κ2) is 8.26. The monoisotopic (exact) mass is 393 g/mol. The minimum absolute atomic E-state index is 0.587. The Balaban J connectivity index is 1.60. The molecule has 1 N–H and O–H groups in total. The number of thiocarbonyl (C=S) groups is 1. The molecule has 0 aromatic heterocycles. The standard InChI is InChI=1S/C19H21Cl2N3S/c1-2-14-5-3-4-6-18(14)22-19(25)24-11-9-23(10-12-24)15-7-8-16(20)17(21)13-15/h3-8,13H,2,9-12H2,1H3,(H,22,25). The van der Waals surface area contributed by atoms with Crippen LogP contribution >= 0.6 is 35.4 Å². The number of anilines is 2. The fourth-order valence-electron chi connectivity index (χ4n) is 2.99. The Kier molecular flexibility index (Phi) is 6.05. The van der Waals surface area contributed by atoms with E-state index in [1.165, 1.54) is 5.56 Å². The number of rotatable bonds is 3. The van der Waals surface area contributed by atoms with Crippen LogP contribution in [-0.2, 0) is 6.42 Å². The van der Waals surface area contributed by atoms with Gasteiger partial charge in [0, 0.05) is 37.6 Å². The number of hydrogen-bond acceptors (Lipinski definition) is 2. The molecule has 132 valence electrons. The molecule has 2 aromatic rings. The van der Waals surface area contributed by atoms with E-state index < -0.39 is 0 Å². The van der Waals surface area contributed by atoms with Crippen LogP contribution in [-0.4, -0.2) is 36.2 Å². The zero-order valence-corrected chi connectivity index (χ0v) is 16.5. The highest BCUT2D eigenvalue weighted by molar-refractivity contribution is 7.80. The van der Waals surface area contributed by atoms with Gasteiger partial charge in [0.1, 0.15) is 0 Å². The van der Waals surface area contributed by atoms with Gasteiger partial charge in [-0.15, -0.1) is 0 Å². The lowest BCUT2D eigenvalue weighted by Gasteiger charge is -2.37. The lowest BCUT2D eigenvalue weighted by atomic mass is 10.1. The van der Waals surface area contributed by atoms with Gasteiger partial charge in [-0.3, -0.25) is 0 Å². The van der Waals surface area contributed by atoms with Gasteiger partial charge in [0.2, 0.25) is 0 Å². The van der Waals surface area contributed by atoms with Crippen molar-refractivity contribution in [2.75, 3.05) is 36.4 Å². The highest BCUT2D eigenvalue weighted by Crippen LogP contribution is 2.28. The molecule has 0 atom stereocenters. The van der Waals surface area contributed by atoms with Gasteiger partial charge in [-0.1, -0.05) is 48.3 Å². The molecule has 1 aliphatic heterocycles. The number of nitrogens with one attached hydrogen (secondary N) is 1. The summed E-state index contributed by atoms with van der Waals surface area (Å²) in [5, 5.41) is 5.37. The van der Waals surface area contributed by atoms with Gasteiger partial charge >= 0.3 is 0 Å². The van der Waals surface area contributed by atoms with Crippen LogP contribution in [0.1, 0.15) is 12.5 Å². The predicted molar refractivity (Wildman–Crippen MR) is 112 cm³/mol. The Morgan fingerprint density at radius 3 is 2.44 bits per heavy atom. The maximum atomic E-state index is 6.13. The van der Waals surface area contributed by atoms with Crippen molar-refractivity contribution in [1.82, 2.24) is 4.90 Å². The van der Waals surface area contributed by atoms with E-state index in [0.717, 1.165) is 49.1 Å². The van der Waals surface area contributed by atoms with Crippen molar-refractivity contribution in [3.8, 4) is 0 Å². The quantitative estimate of drug-likeness (QED) is 0.732. The van der Waals surface area contributed by atoms with Crippen LogP contribution in [0.5, 0.6) is 0 Å². The van der Waals surface area contributed by atoms with Crippen LogP contribution in [0.4, 0.5) is 11.4 Å². The summed E-state index contributed by atoms with van der Waals surface area (Å²) in [5.41, 5.74) is 3.48. The molecule has 1 aliphatic rings. The third-order valence-electron chi connectivity index (χ3n) is 4.48. The first-order chi connectivity index (χ1) is 12.1. The average Bonchev–Trinajstić information content (AvgIpc) is 2.64. The molecule has 0 spiro atoms. The Hall–Kier alpha value is -1.49. The molecule has 0 aliphatic carbocycles. The Morgan fingerprint density at radius 2 is 1.76 bits per heavy atom. The van der Waals surface area contributed by atoms with Crippen molar-refractivity contribution in [2.24, 2.45) is 0 Å². The van der Waals surface area contributed by atoms with E-state index >= 15 is 0 Å². The molecule has 0 bridgehead atoms. The van der Waals surface area contributed by atoms with Crippen LogP contribution in [0.25, 0.3) is 0 Å². The van der Waals surface area contributed by atoms with Crippen molar-refractivity contribution in [3.05, 3.63) is 58.1 Å². The zero-order valence-electron chi connectivity index (χ0n) is 14.1. The lowest BCUT2D eigenvalue weighted by molar-refractivity contribution is 0.391. The first kappa shape index (κ1) is 18.3. The summed E-state index contributed by atoms with van der Waals surface area (Å²) in [6.07, 6.45) is 0.983. The molecule has 1 fully saturated rings. The summed E-state index contributed by atoms with van der Waals surface area (Å²) in [6, 6.07) is 14.1. The van der Waals surface area contributed by atoms with Gasteiger partial charge in [-0.25, -0.2) is 0 Å². The number of para-hydroxylation sites is 1. The molecular formula is C19H21Cl2N3S. The number of benzene rings is 2. The number of hydrogen-bond donors (Lipinski definition) is 1. The van der Waals surface area contributed by atoms with Crippen LogP contribution in [0.15, 0.2) is 42.5 Å². The summed E-state index contributed by atoms with van der Waals surface area (Å²) >= 11 is 17.7. The van der Waals surface area contributed by atoms with E-state index in [9.17, 15) is 0 Å². The van der Waals surface area contributed by atoms with E-state index in [4.69, 9.17) is 35.4 Å². The molecule has 0 unspecified atom stereocenters. The number of piperazine rings is 1. The van der Waals surface area contributed by atoms with Crippen molar-refractivity contribution >= 4 is 51.9 Å². The Bertz CT molecular complexity index is 758. The van der Waals surface area contributed by atoms with Gasteiger partial charge in [0.15, 0.2) is 5.11 Å². The largest absolute Gasteiger partial charge is 0.368 e. The SMILES string of the molecule is CCc1ccccc1NC(=S)N1CCN(c2ccc(Cl)c(Cl)c2)CC1. The summed E-state index contributed by atoms with van der Waals surface area (Å²) in [6.45, 7) is 5.70. The number of halogens is 2. The van der Waals surface area contributed by atoms with Crippen molar-refractivity contribution in [2.45, 2.75) is 13.3 Å². The normalized spacial score (nSPS) is 14.5. The number of aryl methyl sites for hydroxylation is 1. The second-order valence-electron chi connectivity index (χ2n) is 6.01. The molecule has 3 nitrogen and oxygen atoms in total. The third-order valence-corrected chi connectivity index (χ3v) is 5.57. The fraction of sp³-hybridized carbons (Fsp3) is 0.316. The summed E-state index contributed by atoms with van der Waals surface area (Å²) in [5.74, 6) is 0. The Morgan fingerprint density at radius 1 is 1.04 bits per heavy atom. The molecule has 0 saturated carbocycles. The molecule has 25 heavy (non-hydrogen) atoms. The molecular weight excluding hydrogens is 373 g/mol. The second-order valence-corrected chi connectivity index (χ2v) is 7.21. The highest BCUT2D eigenvalue weighted by Gasteiger charge is 2.20. The maximum Gasteiger partial charge on any atom is 0.173 e. The minimum atomic E-state index is 0.587. The van der Waals surface area contributed by atoms with Gasteiger partial charge in [0.05, 0.1) is 10.0 Å². The van der Waals surface area contributed by atoms with E-state index in [1.54, 1.807) is 0 Å². The van der Waals surface area contributed by atoms with Crippen LogP contribution in [0.3, 0.4) is 0 Å². The van der Waals surface area contributed by atoms with E-state index in [0.29, 0.717) is 10.0 Å². The van der Waals surface area contributed by atoms with Crippen LogP contribution in [0.2, 0.25) is 10.0 Å². The molecule has 2 aromatic carbocycles. The highest BCUT2D eigenvalue weighted by atomic mass is 35.5. The summed E-state index contributed by atoms with van der Waals surface area (Å²) < 4.78 is 0. The minimum Gasteiger partial charge on any atom is -0.368 e. The van der Waals surface area contributed by atoms with Crippen molar-refractivity contribution in [3.63, 3.8) is 0 Å². The lowest BCUT2D eigenvalue weighted by Crippen LogP contribution is -2.50. The van der Waals surface area contributed by atoms with Gasteiger partial charge < -0.3 is 15.1 Å². The average molecular weight is 394 g/mol. The van der Waals surface area contributed by atoms with Crippen molar-refractivity contribution < 1.29 is 0 Å². The third kappa shape index (κ3) is 4.38. The van der Waals surface area contributed by atoms with Gasteiger partial charge in [-0.05, 0) is 48.5 Å². The van der Waals surface area contributed by atoms with Gasteiger partial charge in [0.25, 0.3) is 0 Å². The maximum absolute atomic E-state index is 6.13. The molecule has 6 heteroatoms. The van der Waals surface area contributed by atoms with E-state index in [-0.39, 0.29) is 0 Å². The first-order valence-corrected chi connectivity index (χ1v) is 9.58.